The Morgan fingerprint density at radius 3 is 2.32 bits per heavy atom. The Morgan fingerprint density at radius 1 is 1.18 bits per heavy atom. The van der Waals surface area contributed by atoms with Crippen molar-refractivity contribution in [2.45, 2.75) is 56.9 Å². The first-order valence-electron chi connectivity index (χ1n) is 7.83. The third-order valence-corrected chi connectivity index (χ3v) is 5.66. The summed E-state index contributed by atoms with van der Waals surface area (Å²) in [5.74, 6) is 0.138. The number of nitrogens with one attached hydrogen (secondary N) is 1. The smallest absolute Gasteiger partial charge is 0.240 e. The maximum Gasteiger partial charge on any atom is 0.240 e. The van der Waals surface area contributed by atoms with Gasteiger partial charge in [0.2, 0.25) is 10.0 Å². The molecule has 0 aliphatic carbocycles. The third kappa shape index (κ3) is 5.88. The van der Waals surface area contributed by atoms with Crippen LogP contribution in [0.5, 0.6) is 0 Å². The van der Waals surface area contributed by atoms with Crippen molar-refractivity contribution in [2.75, 3.05) is 6.61 Å². The highest BCUT2D eigenvalue weighted by Gasteiger charge is 2.25. The second kappa shape index (κ2) is 9.50. The van der Waals surface area contributed by atoms with Crippen LogP contribution in [0.15, 0.2) is 29.2 Å². The van der Waals surface area contributed by atoms with Crippen LogP contribution in [0.4, 0.5) is 0 Å². The first kappa shape index (κ1) is 19.4. The van der Waals surface area contributed by atoms with E-state index in [1.807, 2.05) is 6.92 Å². The van der Waals surface area contributed by atoms with E-state index in [0.717, 1.165) is 32.1 Å². The van der Waals surface area contributed by atoms with Crippen molar-refractivity contribution in [3.05, 3.63) is 29.3 Å². The second-order valence-corrected chi connectivity index (χ2v) is 7.68. The van der Waals surface area contributed by atoms with E-state index in [9.17, 15) is 13.5 Å². The molecule has 1 aromatic carbocycles. The quantitative estimate of drug-likeness (QED) is 0.636. The zero-order valence-corrected chi connectivity index (χ0v) is 14.8. The zero-order chi connectivity index (χ0) is 16.6. The normalized spacial score (nSPS) is 14.7. The van der Waals surface area contributed by atoms with E-state index in [1.165, 1.54) is 12.1 Å². The minimum atomic E-state index is -3.64. The van der Waals surface area contributed by atoms with E-state index < -0.39 is 16.1 Å². The molecule has 1 aromatic rings. The highest BCUT2D eigenvalue weighted by molar-refractivity contribution is 7.89. The number of halogens is 1. The molecule has 6 heteroatoms. The van der Waals surface area contributed by atoms with Crippen molar-refractivity contribution in [2.24, 2.45) is 5.92 Å². The molecule has 0 aliphatic rings. The fourth-order valence-electron chi connectivity index (χ4n) is 2.51. The molecule has 2 N–H and O–H groups in total. The van der Waals surface area contributed by atoms with Gasteiger partial charge in [0.05, 0.1) is 11.5 Å². The largest absolute Gasteiger partial charge is 0.395 e. The first-order valence-corrected chi connectivity index (χ1v) is 9.69. The lowest BCUT2D eigenvalue weighted by atomic mass is 9.92. The van der Waals surface area contributed by atoms with Gasteiger partial charge in [-0.2, -0.15) is 0 Å². The summed E-state index contributed by atoms with van der Waals surface area (Å²) in [5, 5.41) is 10.1. The van der Waals surface area contributed by atoms with Crippen LogP contribution in [0.1, 0.15) is 46.0 Å². The summed E-state index contributed by atoms with van der Waals surface area (Å²) in [6, 6.07) is 5.57. The third-order valence-electron chi connectivity index (χ3n) is 3.90. The average molecular weight is 348 g/mol. The summed E-state index contributed by atoms with van der Waals surface area (Å²) in [7, 11) is -3.64. The number of hydrogen-bond acceptors (Lipinski definition) is 3. The van der Waals surface area contributed by atoms with E-state index in [2.05, 4.69) is 11.6 Å². The number of benzene rings is 1. The summed E-state index contributed by atoms with van der Waals surface area (Å²) >= 11 is 5.78. The highest BCUT2D eigenvalue weighted by Crippen LogP contribution is 2.20. The second-order valence-electron chi connectivity index (χ2n) is 5.53. The Morgan fingerprint density at radius 2 is 1.82 bits per heavy atom. The SMILES string of the molecule is CCCCCC(CC)C(CO)NS(=O)(=O)c1ccc(Cl)cc1. The van der Waals surface area contributed by atoms with Crippen LogP contribution in [0.2, 0.25) is 5.02 Å². The Labute approximate surface area is 138 Å². The van der Waals surface area contributed by atoms with Crippen molar-refractivity contribution in [1.29, 1.82) is 0 Å². The molecule has 0 aliphatic heterocycles. The highest BCUT2D eigenvalue weighted by atomic mass is 35.5. The summed E-state index contributed by atoms with van der Waals surface area (Å²) < 4.78 is 27.4. The fourth-order valence-corrected chi connectivity index (χ4v) is 3.93. The van der Waals surface area contributed by atoms with Gasteiger partial charge in [0, 0.05) is 11.1 Å². The lowest BCUT2D eigenvalue weighted by Gasteiger charge is -2.25. The number of rotatable bonds is 10. The van der Waals surface area contributed by atoms with E-state index >= 15 is 0 Å². The van der Waals surface area contributed by atoms with Gasteiger partial charge in [0.1, 0.15) is 0 Å². The maximum absolute atomic E-state index is 12.4. The molecular formula is C16H26ClNO3S. The van der Waals surface area contributed by atoms with Crippen molar-refractivity contribution in [3.63, 3.8) is 0 Å². The lowest BCUT2D eigenvalue weighted by Crippen LogP contribution is -2.42. The van der Waals surface area contributed by atoms with Crippen LogP contribution < -0.4 is 4.72 Å². The fraction of sp³-hybridized carbons (Fsp3) is 0.625. The van der Waals surface area contributed by atoms with Gasteiger partial charge in [0.25, 0.3) is 0 Å². The zero-order valence-electron chi connectivity index (χ0n) is 13.3. The van der Waals surface area contributed by atoms with Gasteiger partial charge < -0.3 is 5.11 Å². The van der Waals surface area contributed by atoms with Crippen LogP contribution >= 0.6 is 11.6 Å². The van der Waals surface area contributed by atoms with Crippen LogP contribution in [0.25, 0.3) is 0 Å². The van der Waals surface area contributed by atoms with Crippen LogP contribution in [0, 0.1) is 5.92 Å². The Balaban J connectivity index is 2.79. The monoisotopic (exact) mass is 347 g/mol. The van der Waals surface area contributed by atoms with Crippen molar-refractivity contribution in [3.8, 4) is 0 Å². The molecule has 0 amide bonds. The molecule has 0 spiro atoms. The predicted octanol–water partition coefficient (Wildman–Crippen LogP) is 3.59. The van der Waals surface area contributed by atoms with Crippen LogP contribution in [-0.2, 0) is 10.0 Å². The molecule has 0 aromatic heterocycles. The van der Waals surface area contributed by atoms with Crippen LogP contribution in [0.3, 0.4) is 0 Å². The van der Waals surface area contributed by atoms with E-state index in [0.29, 0.717) is 5.02 Å². The predicted molar refractivity (Wildman–Crippen MR) is 90.6 cm³/mol. The van der Waals surface area contributed by atoms with Gasteiger partial charge in [-0.25, -0.2) is 13.1 Å². The first-order chi connectivity index (χ1) is 10.4. The van der Waals surface area contributed by atoms with E-state index in [1.54, 1.807) is 12.1 Å². The van der Waals surface area contributed by atoms with Gasteiger partial charge in [-0.15, -0.1) is 0 Å². The molecule has 0 saturated carbocycles. The topological polar surface area (TPSA) is 66.4 Å². The van der Waals surface area contributed by atoms with Crippen molar-refractivity contribution < 1.29 is 13.5 Å². The number of hydrogen-bond donors (Lipinski definition) is 2. The molecule has 0 radical (unpaired) electrons. The van der Waals surface area contributed by atoms with E-state index in [-0.39, 0.29) is 17.4 Å². The summed E-state index contributed by atoms with van der Waals surface area (Å²) in [6.07, 6.45) is 5.04. The number of unbranched alkanes of at least 4 members (excludes halogenated alkanes) is 2. The standard InChI is InChI=1S/C16H26ClNO3S/c1-3-5-6-7-13(4-2)16(12-19)18-22(20,21)15-10-8-14(17)9-11-15/h8-11,13,16,18-19H,3-7,12H2,1-2H3. The average Bonchev–Trinajstić information content (AvgIpc) is 2.50. The number of aliphatic hydroxyl groups excluding tert-OH is 1. The summed E-state index contributed by atoms with van der Waals surface area (Å²) in [6.45, 7) is 3.96. The Bertz CT molecular complexity index is 531. The summed E-state index contributed by atoms with van der Waals surface area (Å²) in [4.78, 5) is 0.166. The minimum absolute atomic E-state index is 0.138. The molecule has 22 heavy (non-hydrogen) atoms. The Kier molecular flexibility index (Phi) is 8.39. The lowest BCUT2D eigenvalue weighted by molar-refractivity contribution is 0.204. The molecule has 2 unspecified atom stereocenters. The maximum atomic E-state index is 12.4. The van der Waals surface area contributed by atoms with Gasteiger partial charge in [-0.3, -0.25) is 0 Å². The molecular weight excluding hydrogens is 322 g/mol. The molecule has 0 heterocycles. The van der Waals surface area contributed by atoms with Crippen molar-refractivity contribution >= 4 is 21.6 Å². The van der Waals surface area contributed by atoms with E-state index in [4.69, 9.17) is 11.6 Å². The van der Waals surface area contributed by atoms with Gasteiger partial charge >= 0.3 is 0 Å². The molecule has 0 fully saturated rings. The molecule has 1 rings (SSSR count). The molecule has 4 nitrogen and oxygen atoms in total. The summed E-state index contributed by atoms with van der Waals surface area (Å²) in [5.41, 5.74) is 0. The van der Waals surface area contributed by atoms with Crippen molar-refractivity contribution in [1.82, 2.24) is 4.72 Å². The van der Waals surface area contributed by atoms with Gasteiger partial charge in [-0.1, -0.05) is 51.1 Å². The molecule has 126 valence electrons. The molecule has 0 bridgehead atoms. The minimum Gasteiger partial charge on any atom is -0.395 e. The molecule has 2 atom stereocenters. The number of sulfonamides is 1. The van der Waals surface area contributed by atoms with Gasteiger partial charge in [-0.05, 0) is 36.6 Å². The molecule has 0 saturated heterocycles. The number of aliphatic hydroxyl groups is 1. The Hall–Kier alpha value is -0.620. The van der Waals surface area contributed by atoms with Gasteiger partial charge in [0.15, 0.2) is 0 Å². The van der Waals surface area contributed by atoms with Crippen LogP contribution in [-0.4, -0.2) is 26.2 Å².